The van der Waals surface area contributed by atoms with Crippen LogP contribution in [0.15, 0.2) is 73.0 Å². The fourth-order valence-electron chi connectivity index (χ4n) is 2.58. The summed E-state index contributed by atoms with van der Waals surface area (Å²) < 4.78 is 1.73. The first-order valence-corrected chi connectivity index (χ1v) is 9.07. The van der Waals surface area contributed by atoms with E-state index in [0.29, 0.717) is 28.3 Å². The lowest BCUT2D eigenvalue weighted by atomic mass is 10.2. The first-order chi connectivity index (χ1) is 13.5. The lowest BCUT2D eigenvalue weighted by molar-refractivity contribution is 0.0967. The predicted octanol–water partition coefficient (Wildman–Crippen LogP) is 4.29. The van der Waals surface area contributed by atoms with Gasteiger partial charge in [0.2, 0.25) is 0 Å². The smallest absolute Gasteiger partial charge is 0.258 e. The van der Waals surface area contributed by atoms with Crippen molar-refractivity contribution in [1.29, 1.82) is 0 Å². The summed E-state index contributed by atoms with van der Waals surface area (Å²) in [6.45, 7) is 8.04. The number of hydrogen-bond acceptors (Lipinski definition) is 4. The minimum Gasteiger partial charge on any atom is -0.322 e. The van der Waals surface area contributed by atoms with E-state index in [1.54, 1.807) is 35.4 Å². The number of nitrogens with one attached hydrogen (secondary N) is 1. The van der Waals surface area contributed by atoms with E-state index < -0.39 is 0 Å². The van der Waals surface area contributed by atoms with Crippen LogP contribution < -0.4 is 5.32 Å². The molecule has 0 aliphatic heterocycles. The Bertz CT molecular complexity index is 1080. The van der Waals surface area contributed by atoms with Crippen molar-refractivity contribution in [1.82, 2.24) is 25.1 Å². The second kappa shape index (κ2) is 8.63. The number of hydrogen-bond donors (Lipinski definition) is 1. The van der Waals surface area contributed by atoms with Gasteiger partial charge >= 0.3 is 0 Å². The summed E-state index contributed by atoms with van der Waals surface area (Å²) in [5.41, 5.74) is 3.43. The molecular weight excluding hydrogens is 374 g/mol. The molecule has 3 aromatic heterocycles. The zero-order valence-electron chi connectivity index (χ0n) is 15.7. The first-order valence-electron chi connectivity index (χ1n) is 8.69. The van der Waals surface area contributed by atoms with Gasteiger partial charge in [-0.1, -0.05) is 42.0 Å². The molecule has 0 aliphatic carbocycles. The lowest BCUT2D eigenvalue weighted by Crippen LogP contribution is -2.22. The van der Waals surface area contributed by atoms with Crippen molar-refractivity contribution in [3.63, 3.8) is 0 Å². The number of fused-ring (bicyclic) bond motifs is 1. The highest BCUT2D eigenvalue weighted by Crippen LogP contribution is 2.26. The monoisotopic (exact) mass is 393 g/mol. The van der Waals surface area contributed by atoms with Crippen LogP contribution in [0.2, 0.25) is 5.02 Å². The molecule has 0 aromatic carbocycles. The number of pyridine rings is 2. The number of carbonyl (C=O) groups excluding carboxylic acids is 1. The minimum absolute atomic E-state index is 0.290. The van der Waals surface area contributed by atoms with E-state index in [-0.39, 0.29) is 11.5 Å². The fourth-order valence-corrected chi connectivity index (χ4v) is 2.84. The van der Waals surface area contributed by atoms with Crippen molar-refractivity contribution >= 4 is 28.5 Å². The minimum atomic E-state index is -0.334. The van der Waals surface area contributed by atoms with E-state index in [4.69, 9.17) is 11.6 Å². The van der Waals surface area contributed by atoms with E-state index in [2.05, 4.69) is 27.0 Å². The van der Waals surface area contributed by atoms with Crippen LogP contribution in [0.3, 0.4) is 0 Å². The van der Waals surface area contributed by atoms with Crippen molar-refractivity contribution in [3.8, 4) is 0 Å². The molecule has 7 heteroatoms. The summed E-state index contributed by atoms with van der Waals surface area (Å²) in [4.78, 5) is 21.2. The largest absolute Gasteiger partial charge is 0.322 e. The second-order valence-corrected chi connectivity index (χ2v) is 6.64. The molecule has 1 N–H and O–H groups in total. The molecule has 0 atom stereocenters. The summed E-state index contributed by atoms with van der Waals surface area (Å²) in [5.74, 6) is -0.334. The van der Waals surface area contributed by atoms with Crippen LogP contribution >= 0.6 is 11.6 Å². The first kappa shape index (κ1) is 19.5. The molecule has 0 bridgehead atoms. The lowest BCUT2D eigenvalue weighted by Gasteiger charge is -2.08. The van der Waals surface area contributed by atoms with E-state index >= 15 is 0 Å². The zero-order valence-corrected chi connectivity index (χ0v) is 16.4. The van der Waals surface area contributed by atoms with Crippen LogP contribution in [0.5, 0.6) is 0 Å². The molecule has 28 heavy (non-hydrogen) atoms. The Hall–Kier alpha value is -3.25. The van der Waals surface area contributed by atoms with Crippen LogP contribution in [0, 0.1) is 0 Å². The van der Waals surface area contributed by atoms with Crippen molar-refractivity contribution in [2.45, 2.75) is 20.4 Å². The zero-order chi connectivity index (χ0) is 20.1. The van der Waals surface area contributed by atoms with Gasteiger partial charge in [0.05, 0.1) is 28.7 Å². The quantitative estimate of drug-likeness (QED) is 0.634. The van der Waals surface area contributed by atoms with E-state index in [1.807, 2.05) is 32.1 Å². The Morgan fingerprint density at radius 2 is 2.14 bits per heavy atom. The van der Waals surface area contributed by atoms with Crippen LogP contribution in [0.25, 0.3) is 11.0 Å². The maximum absolute atomic E-state index is 12.7. The Morgan fingerprint density at radius 3 is 2.82 bits per heavy atom. The Labute approximate surface area is 168 Å². The summed E-state index contributed by atoms with van der Waals surface area (Å²) >= 11 is 6.49. The van der Waals surface area contributed by atoms with E-state index in [1.165, 1.54) is 6.20 Å². The molecule has 0 unspecified atom stereocenters. The summed E-state index contributed by atoms with van der Waals surface area (Å²) in [7, 11) is 0. The highest BCUT2D eigenvalue weighted by atomic mass is 35.5. The third kappa shape index (κ3) is 4.35. The SMILES string of the molecule is C=C(C)/C=C\C(=C/C)NC(=O)c1cnc2c(cnn2Cc2cccnc2)c1Cl. The number of carbonyl (C=O) groups is 1. The molecule has 3 heterocycles. The summed E-state index contributed by atoms with van der Waals surface area (Å²) in [6, 6.07) is 3.83. The molecule has 0 saturated carbocycles. The van der Waals surface area contributed by atoms with Gasteiger partial charge in [-0.3, -0.25) is 9.78 Å². The molecular formula is C21H20ClN5O. The van der Waals surface area contributed by atoms with Crippen LogP contribution in [-0.2, 0) is 6.54 Å². The van der Waals surface area contributed by atoms with Crippen molar-refractivity contribution in [3.05, 3.63) is 89.1 Å². The Kier molecular flexibility index (Phi) is 6.01. The third-order valence-electron chi connectivity index (χ3n) is 4.02. The van der Waals surface area contributed by atoms with Crippen molar-refractivity contribution in [2.24, 2.45) is 0 Å². The molecule has 3 rings (SSSR count). The average Bonchev–Trinajstić information content (AvgIpc) is 3.09. The standard InChI is InChI=1S/C21H20ClN5O/c1-4-16(8-7-14(2)3)26-21(28)18-11-24-20-17(19(18)22)12-25-27(20)13-15-6-5-9-23-10-15/h4-12H,2,13H2,1,3H3,(H,26,28)/b8-7-,16-4+. The van der Waals surface area contributed by atoms with Gasteiger partial charge in [-0.15, -0.1) is 0 Å². The highest BCUT2D eigenvalue weighted by molar-refractivity contribution is 6.38. The molecule has 0 radical (unpaired) electrons. The number of amides is 1. The molecule has 142 valence electrons. The topological polar surface area (TPSA) is 72.7 Å². The van der Waals surface area contributed by atoms with Gasteiger partial charge in [0.25, 0.3) is 5.91 Å². The Morgan fingerprint density at radius 1 is 1.32 bits per heavy atom. The number of rotatable bonds is 6. The van der Waals surface area contributed by atoms with Crippen molar-refractivity contribution in [2.75, 3.05) is 0 Å². The van der Waals surface area contributed by atoms with Gasteiger partial charge in [0, 0.05) is 24.3 Å². The molecule has 0 fully saturated rings. The van der Waals surface area contributed by atoms with Gasteiger partial charge in [0.15, 0.2) is 5.65 Å². The summed E-state index contributed by atoms with van der Waals surface area (Å²) in [6.07, 6.45) is 12.0. The summed E-state index contributed by atoms with van der Waals surface area (Å²) in [5, 5.41) is 8.12. The van der Waals surface area contributed by atoms with Crippen molar-refractivity contribution < 1.29 is 4.79 Å². The van der Waals surface area contributed by atoms with Gasteiger partial charge in [0.1, 0.15) is 0 Å². The molecule has 3 aromatic rings. The number of nitrogens with zero attached hydrogens (tertiary/aromatic N) is 4. The van der Waals surface area contributed by atoms with Gasteiger partial charge in [-0.25, -0.2) is 9.67 Å². The molecule has 0 saturated heterocycles. The predicted molar refractivity (Wildman–Crippen MR) is 111 cm³/mol. The van der Waals surface area contributed by atoms with Crippen LogP contribution in [-0.4, -0.2) is 25.7 Å². The maximum atomic E-state index is 12.7. The molecule has 0 aliphatic rings. The Balaban J connectivity index is 1.86. The van der Waals surface area contributed by atoms with Gasteiger partial charge in [-0.2, -0.15) is 5.10 Å². The number of allylic oxidation sites excluding steroid dienone is 4. The van der Waals surface area contributed by atoms with E-state index in [0.717, 1.165) is 11.1 Å². The number of aromatic nitrogens is 4. The second-order valence-electron chi connectivity index (χ2n) is 6.26. The highest BCUT2D eigenvalue weighted by Gasteiger charge is 2.17. The normalized spacial score (nSPS) is 11.9. The van der Waals surface area contributed by atoms with E-state index in [9.17, 15) is 4.79 Å². The van der Waals surface area contributed by atoms with Gasteiger partial charge in [-0.05, 0) is 31.6 Å². The maximum Gasteiger partial charge on any atom is 0.258 e. The fraction of sp³-hybridized carbons (Fsp3) is 0.143. The van der Waals surface area contributed by atoms with Gasteiger partial charge < -0.3 is 5.32 Å². The number of halogens is 1. The molecule has 6 nitrogen and oxygen atoms in total. The van der Waals surface area contributed by atoms with Crippen LogP contribution in [0.4, 0.5) is 0 Å². The molecule has 1 amide bonds. The molecule has 0 spiro atoms. The average molecular weight is 394 g/mol. The van der Waals surface area contributed by atoms with Crippen LogP contribution in [0.1, 0.15) is 29.8 Å². The third-order valence-corrected chi connectivity index (χ3v) is 4.42.